The van der Waals surface area contributed by atoms with Crippen LogP contribution in [0.15, 0.2) is 84.9 Å². The predicted octanol–water partition coefficient (Wildman–Crippen LogP) is 8.05. The van der Waals surface area contributed by atoms with Crippen LogP contribution in [0.25, 0.3) is 10.8 Å². The van der Waals surface area contributed by atoms with Gasteiger partial charge in [-0.2, -0.15) is 0 Å². The van der Waals surface area contributed by atoms with Crippen molar-refractivity contribution in [3.8, 4) is 5.75 Å². The lowest BCUT2D eigenvalue weighted by Crippen LogP contribution is -2.45. The summed E-state index contributed by atoms with van der Waals surface area (Å²) in [6, 6.07) is 25.7. The number of nitrogens with zero attached hydrogens (tertiary/aromatic N) is 1. The number of carbonyl (C=O) groups is 2. The third-order valence-electron chi connectivity index (χ3n) is 7.60. The number of amides is 1. The quantitative estimate of drug-likeness (QED) is 0.220. The van der Waals surface area contributed by atoms with Crippen LogP contribution < -0.4 is 4.74 Å². The Morgan fingerprint density at radius 3 is 2.48 bits per heavy atom. The van der Waals surface area contributed by atoms with Crippen LogP contribution >= 0.6 is 0 Å². The minimum atomic E-state index is -0.692. The molecule has 3 atom stereocenters. The number of esters is 1. The number of halogens is 1. The van der Waals surface area contributed by atoms with E-state index in [2.05, 4.69) is 18.2 Å². The highest BCUT2D eigenvalue weighted by Gasteiger charge is 2.35. The summed E-state index contributed by atoms with van der Waals surface area (Å²) in [4.78, 5) is 27.7. The van der Waals surface area contributed by atoms with Crippen LogP contribution in [-0.2, 0) is 9.47 Å². The molecular formula is C35H36FNO5. The van der Waals surface area contributed by atoms with E-state index >= 15 is 0 Å². The van der Waals surface area contributed by atoms with Gasteiger partial charge in [0.25, 0.3) is 0 Å². The van der Waals surface area contributed by atoms with E-state index in [1.54, 1.807) is 11.0 Å². The number of methoxy groups -OCH3 is 1. The zero-order valence-electron chi connectivity index (χ0n) is 24.6. The van der Waals surface area contributed by atoms with E-state index in [4.69, 9.17) is 14.2 Å². The average molecular weight is 570 g/mol. The highest BCUT2D eigenvalue weighted by Crippen LogP contribution is 2.42. The highest BCUT2D eigenvalue weighted by molar-refractivity contribution is 5.89. The smallest absolute Gasteiger partial charge is 0.410 e. The molecule has 7 heteroatoms. The number of para-hydroxylation sites is 1. The number of hydrogen-bond donors (Lipinski definition) is 0. The molecule has 3 unspecified atom stereocenters. The molecule has 0 bridgehead atoms. The Kier molecular flexibility index (Phi) is 8.21. The molecule has 4 aromatic carbocycles. The first-order valence-corrected chi connectivity index (χ1v) is 14.2. The topological polar surface area (TPSA) is 65.1 Å². The molecule has 42 heavy (non-hydrogen) atoms. The molecule has 0 aliphatic carbocycles. The van der Waals surface area contributed by atoms with Crippen molar-refractivity contribution in [1.82, 2.24) is 4.90 Å². The molecule has 0 saturated heterocycles. The van der Waals surface area contributed by atoms with Crippen LogP contribution in [0.2, 0.25) is 0 Å². The summed E-state index contributed by atoms with van der Waals surface area (Å²) in [7, 11) is 1.27. The van der Waals surface area contributed by atoms with E-state index in [0.717, 1.165) is 21.9 Å². The van der Waals surface area contributed by atoms with Crippen LogP contribution in [-0.4, -0.2) is 42.3 Å². The van der Waals surface area contributed by atoms with E-state index < -0.39 is 29.6 Å². The number of hydrogen-bond acceptors (Lipinski definition) is 5. The SMILES string of the molecule is COC(=O)c1cc(F)cc(C2CC(CN(C(=O)OC(C)(C)C)C(C)c3cccc4ccccc34)Oc3ccccc32)c1. The summed E-state index contributed by atoms with van der Waals surface area (Å²) in [6.45, 7) is 7.77. The van der Waals surface area contributed by atoms with E-state index in [-0.39, 0.29) is 24.1 Å². The van der Waals surface area contributed by atoms with Gasteiger partial charge in [-0.05, 0) is 80.3 Å². The molecule has 6 nitrogen and oxygen atoms in total. The number of carbonyl (C=O) groups excluding carboxylic acids is 2. The van der Waals surface area contributed by atoms with Crippen molar-refractivity contribution in [2.24, 2.45) is 0 Å². The van der Waals surface area contributed by atoms with E-state index in [1.165, 1.54) is 19.2 Å². The first kappa shape index (κ1) is 29.1. The van der Waals surface area contributed by atoms with Crippen molar-refractivity contribution < 1.29 is 28.2 Å². The van der Waals surface area contributed by atoms with Crippen molar-refractivity contribution in [3.63, 3.8) is 0 Å². The van der Waals surface area contributed by atoms with E-state index in [9.17, 15) is 14.0 Å². The number of fused-ring (bicyclic) bond motifs is 2. The summed E-state index contributed by atoms with van der Waals surface area (Å²) in [5.74, 6) is -0.738. The minimum absolute atomic E-state index is 0.146. The summed E-state index contributed by atoms with van der Waals surface area (Å²) in [5.41, 5.74) is 1.98. The van der Waals surface area contributed by atoms with Crippen molar-refractivity contribution in [2.75, 3.05) is 13.7 Å². The molecule has 218 valence electrons. The zero-order chi connectivity index (χ0) is 30.0. The Morgan fingerprint density at radius 1 is 1.00 bits per heavy atom. The van der Waals surface area contributed by atoms with Gasteiger partial charge in [0, 0.05) is 11.5 Å². The summed E-state index contributed by atoms with van der Waals surface area (Å²) >= 11 is 0. The second kappa shape index (κ2) is 11.8. The molecule has 4 aromatic rings. The average Bonchev–Trinajstić information content (AvgIpc) is 2.97. The third-order valence-corrected chi connectivity index (χ3v) is 7.60. The molecular weight excluding hydrogens is 533 g/mol. The Labute approximate surface area is 246 Å². The van der Waals surface area contributed by atoms with Crippen molar-refractivity contribution in [3.05, 3.63) is 113 Å². The van der Waals surface area contributed by atoms with Crippen LogP contribution in [0.4, 0.5) is 9.18 Å². The fourth-order valence-corrected chi connectivity index (χ4v) is 5.68. The van der Waals surface area contributed by atoms with Gasteiger partial charge in [0.2, 0.25) is 0 Å². The molecule has 0 radical (unpaired) electrons. The number of rotatable bonds is 6. The molecule has 1 heterocycles. The van der Waals surface area contributed by atoms with Crippen molar-refractivity contribution in [1.29, 1.82) is 0 Å². The summed E-state index contributed by atoms with van der Waals surface area (Å²) < 4.78 is 31.9. The molecule has 0 aromatic heterocycles. The lowest BCUT2D eigenvalue weighted by molar-refractivity contribution is 0.00569. The Morgan fingerprint density at radius 2 is 1.71 bits per heavy atom. The van der Waals surface area contributed by atoms with Gasteiger partial charge in [-0.1, -0.05) is 60.7 Å². The van der Waals surface area contributed by atoms with Gasteiger partial charge in [0.15, 0.2) is 0 Å². The van der Waals surface area contributed by atoms with Gasteiger partial charge in [0.1, 0.15) is 23.3 Å². The maximum absolute atomic E-state index is 14.7. The molecule has 1 aliphatic rings. The predicted molar refractivity (Wildman–Crippen MR) is 160 cm³/mol. The fraction of sp³-hybridized carbons (Fsp3) is 0.314. The van der Waals surface area contributed by atoms with Gasteiger partial charge < -0.3 is 14.2 Å². The van der Waals surface area contributed by atoms with Crippen LogP contribution in [0.3, 0.4) is 0 Å². The lowest BCUT2D eigenvalue weighted by Gasteiger charge is -2.38. The highest BCUT2D eigenvalue weighted by atomic mass is 19.1. The second-order valence-corrected chi connectivity index (χ2v) is 11.7. The van der Waals surface area contributed by atoms with Crippen molar-refractivity contribution in [2.45, 2.75) is 57.8 Å². The summed E-state index contributed by atoms with van der Waals surface area (Å²) in [5, 5.41) is 2.14. The lowest BCUT2D eigenvalue weighted by atomic mass is 9.83. The maximum Gasteiger partial charge on any atom is 0.410 e. The molecule has 0 spiro atoms. The van der Waals surface area contributed by atoms with Gasteiger partial charge >= 0.3 is 12.1 Å². The summed E-state index contributed by atoms with van der Waals surface area (Å²) in [6.07, 6.45) is -0.414. The fourth-order valence-electron chi connectivity index (χ4n) is 5.68. The second-order valence-electron chi connectivity index (χ2n) is 11.7. The van der Waals surface area contributed by atoms with Crippen LogP contribution in [0, 0.1) is 5.82 Å². The largest absolute Gasteiger partial charge is 0.488 e. The maximum atomic E-state index is 14.7. The van der Waals surface area contributed by atoms with Gasteiger partial charge in [-0.25, -0.2) is 14.0 Å². The molecule has 5 rings (SSSR count). The number of benzene rings is 4. The van der Waals surface area contributed by atoms with Gasteiger partial charge in [-0.15, -0.1) is 0 Å². The van der Waals surface area contributed by atoms with E-state index in [0.29, 0.717) is 17.7 Å². The minimum Gasteiger partial charge on any atom is -0.488 e. The van der Waals surface area contributed by atoms with Gasteiger partial charge in [0.05, 0.1) is 25.3 Å². The molecule has 0 saturated carbocycles. The molecule has 0 fully saturated rings. The van der Waals surface area contributed by atoms with Crippen LogP contribution in [0.5, 0.6) is 5.75 Å². The molecule has 1 aliphatic heterocycles. The Bertz CT molecular complexity index is 1610. The third kappa shape index (κ3) is 6.25. The van der Waals surface area contributed by atoms with Crippen molar-refractivity contribution >= 4 is 22.8 Å². The zero-order valence-corrected chi connectivity index (χ0v) is 24.6. The normalized spacial score (nSPS) is 17.1. The van der Waals surface area contributed by atoms with E-state index in [1.807, 2.05) is 76.2 Å². The molecule has 1 amide bonds. The van der Waals surface area contributed by atoms with Crippen LogP contribution in [0.1, 0.15) is 73.1 Å². The monoisotopic (exact) mass is 569 g/mol. The molecule has 0 N–H and O–H groups in total. The standard InChI is InChI=1S/C35H36FNO5/c1-22(28-15-10-12-23-11-6-7-13-29(23)28)37(34(39)42-35(2,3)4)21-27-20-31(30-14-8-9-16-32(30)41-27)24-17-25(33(38)40-5)19-26(36)18-24/h6-19,22,27,31H,20-21H2,1-5H3. The first-order chi connectivity index (χ1) is 20.0. The van der Waals surface area contributed by atoms with Gasteiger partial charge in [-0.3, -0.25) is 4.90 Å². The Balaban J connectivity index is 1.52. The Hall–Kier alpha value is -4.39. The number of ether oxygens (including phenoxy) is 3. The first-order valence-electron chi connectivity index (χ1n) is 14.2.